The average molecular weight is 256 g/mol. The molecule has 15 heavy (non-hydrogen) atoms. The first kappa shape index (κ1) is 23.9. The van der Waals surface area contributed by atoms with Crippen molar-refractivity contribution in [2.45, 2.75) is 10.5 Å². The van der Waals surface area contributed by atoms with Gasteiger partial charge in [-0.25, -0.2) is 0 Å². The van der Waals surface area contributed by atoms with Crippen LogP contribution in [0, 0.1) is 0 Å². The number of carboxylic acids is 2. The van der Waals surface area contributed by atoms with Crippen LogP contribution < -0.4 is 10.2 Å². The number of aliphatic carboxylic acids is 2. The van der Waals surface area contributed by atoms with Gasteiger partial charge in [0.2, 0.25) is 0 Å². The van der Waals surface area contributed by atoms with Crippen LogP contribution in [0.2, 0.25) is 10.5 Å². The van der Waals surface area contributed by atoms with Crippen molar-refractivity contribution in [3.05, 3.63) is 13.2 Å². The first-order valence-corrected chi connectivity index (χ1v) is 6.78. The molecule has 0 unspecified atom stereocenters. The molecule has 0 saturated carbocycles. The number of aliphatic hydroxyl groups is 2. The zero-order chi connectivity index (χ0) is 13.3. The molecule has 6 nitrogen and oxygen atoms in total. The molecule has 2 N–H and O–H groups in total. The van der Waals surface area contributed by atoms with Gasteiger partial charge in [0, 0.05) is 0 Å². The molecule has 0 bridgehead atoms. The zero-order valence-electron chi connectivity index (χ0n) is 8.86. The summed E-state index contributed by atoms with van der Waals surface area (Å²) in [6.45, 7) is 4.22. The Labute approximate surface area is 98.2 Å². The van der Waals surface area contributed by atoms with Gasteiger partial charge in [0.15, 0.2) is 0 Å². The summed E-state index contributed by atoms with van der Waals surface area (Å²) >= 11 is 0.500. The van der Waals surface area contributed by atoms with Crippen molar-refractivity contribution >= 4 is 11.9 Å². The molecule has 0 rings (SSSR count). The quantitative estimate of drug-likeness (QED) is 0.413. The minimum atomic E-state index is -1.44. The molecule has 0 aliphatic rings. The predicted octanol–water partition coefficient (Wildman–Crippen LogP) is -2.58. The Morgan fingerprint density at radius 1 is 1.07 bits per heavy atom. The summed E-state index contributed by atoms with van der Waals surface area (Å²) in [6, 6.07) is 0. The Morgan fingerprint density at radius 3 is 1.13 bits per heavy atom. The summed E-state index contributed by atoms with van der Waals surface area (Å²) in [7, 11) is 0. The van der Waals surface area contributed by atoms with Crippen molar-refractivity contribution in [2.75, 3.05) is 13.2 Å². The van der Waals surface area contributed by atoms with E-state index in [1.165, 1.54) is 0 Å². The van der Waals surface area contributed by atoms with Crippen molar-refractivity contribution in [3.63, 3.8) is 0 Å². The van der Waals surface area contributed by atoms with Crippen LogP contribution in [-0.4, -0.2) is 35.4 Å². The Balaban J connectivity index is -0.0000000574. The predicted molar refractivity (Wildman–Crippen MR) is 47.2 cm³/mol. The van der Waals surface area contributed by atoms with Crippen LogP contribution in [0.3, 0.4) is 0 Å². The first-order chi connectivity index (χ1) is 6.95. The van der Waals surface area contributed by atoms with Gasteiger partial charge in [-0.3, -0.25) is 0 Å². The van der Waals surface area contributed by atoms with E-state index in [9.17, 15) is 0 Å². The van der Waals surface area contributed by atoms with Crippen molar-refractivity contribution in [1.29, 1.82) is 0 Å². The van der Waals surface area contributed by atoms with Crippen LogP contribution in [0.4, 0.5) is 0 Å². The maximum atomic E-state index is 9.01. The minimum absolute atomic E-state index is 0.500. The van der Waals surface area contributed by atoms with Gasteiger partial charge in [-0.1, -0.05) is 0 Å². The van der Waals surface area contributed by atoms with Crippen LogP contribution in [0.25, 0.3) is 0 Å². The zero-order valence-corrected chi connectivity index (χ0v) is 10.4. The van der Waals surface area contributed by atoms with Crippen LogP contribution in [0.5, 0.6) is 0 Å². The molecule has 0 amide bonds. The Bertz CT molecular complexity index is 125. The molecule has 0 aliphatic heterocycles. The molecule has 0 atom stereocenters. The maximum absolute atomic E-state index is 9.01. The van der Waals surface area contributed by atoms with E-state index >= 15 is 0 Å². The second kappa shape index (κ2) is 29.2. The van der Waals surface area contributed by atoms with Crippen LogP contribution in [0.1, 0.15) is 0 Å². The standard InChI is InChI=1S/2C2H4O3.C2H4.2CH3.Ti/c2*3-1-2(4)5;1-2;;;/h2*3H,1H2,(H,4,5);1-2H2;2*1H3;/q;;;;;+2/p-2. The molecular weight excluding hydrogens is 240 g/mol. The van der Waals surface area contributed by atoms with Crippen LogP contribution in [0.15, 0.2) is 13.2 Å². The van der Waals surface area contributed by atoms with Gasteiger partial charge in [-0.15, -0.1) is 13.2 Å². The van der Waals surface area contributed by atoms with E-state index in [4.69, 9.17) is 30.0 Å². The van der Waals surface area contributed by atoms with E-state index in [-0.39, 0.29) is 0 Å². The average Bonchev–Trinajstić information content (AvgIpc) is 2.22. The molecule has 0 heterocycles. The van der Waals surface area contributed by atoms with E-state index in [0.717, 1.165) is 0 Å². The first-order valence-electron chi connectivity index (χ1n) is 3.66. The third-order valence-electron chi connectivity index (χ3n) is 0.258. The molecule has 0 aliphatic carbocycles. The molecule has 0 spiro atoms. The van der Waals surface area contributed by atoms with Crippen molar-refractivity contribution < 1.29 is 49.2 Å². The Morgan fingerprint density at radius 2 is 1.13 bits per heavy atom. The summed E-state index contributed by atoms with van der Waals surface area (Å²) < 4.78 is 0. The number of aliphatic hydroxyl groups excluding tert-OH is 2. The molecular formula is C8H16O6Ti. The van der Waals surface area contributed by atoms with Crippen LogP contribution >= 0.6 is 0 Å². The molecule has 0 aromatic carbocycles. The third kappa shape index (κ3) is 155. The van der Waals surface area contributed by atoms with E-state index in [0.29, 0.717) is 19.2 Å². The molecule has 0 radical (unpaired) electrons. The molecule has 0 saturated heterocycles. The monoisotopic (exact) mass is 256 g/mol. The fourth-order valence-corrected chi connectivity index (χ4v) is 0. The molecule has 0 aromatic rings. The second-order valence-corrected chi connectivity index (χ2v) is 3.12. The van der Waals surface area contributed by atoms with Gasteiger partial charge in [0.1, 0.15) is 0 Å². The number of rotatable bonds is 2. The number of carboxylic acid groups (broad SMARTS) is 2. The fourth-order valence-electron chi connectivity index (χ4n) is 0. The van der Waals surface area contributed by atoms with Gasteiger partial charge >= 0.3 is 29.6 Å². The van der Waals surface area contributed by atoms with Gasteiger partial charge in [0.25, 0.3) is 0 Å². The topological polar surface area (TPSA) is 121 Å². The van der Waals surface area contributed by atoms with E-state index in [1.807, 2.05) is 0 Å². The fraction of sp³-hybridized carbons (Fsp3) is 0.500. The van der Waals surface area contributed by atoms with E-state index < -0.39 is 25.2 Å². The van der Waals surface area contributed by atoms with Crippen LogP contribution in [-0.2, 0) is 28.7 Å². The summed E-state index contributed by atoms with van der Waals surface area (Å²) in [5.74, 6) is -2.88. The second-order valence-electron chi connectivity index (χ2n) is 1.56. The van der Waals surface area contributed by atoms with Crippen molar-refractivity contribution in [1.82, 2.24) is 0 Å². The molecule has 0 fully saturated rings. The number of carbonyl (C=O) groups is 2. The summed E-state index contributed by atoms with van der Waals surface area (Å²) in [4.78, 5) is 18.0. The molecule has 0 aromatic heterocycles. The summed E-state index contributed by atoms with van der Waals surface area (Å²) in [6.07, 6.45) is 0. The van der Waals surface area contributed by atoms with E-state index in [1.54, 1.807) is 0 Å². The number of hydrogen-bond donors (Lipinski definition) is 2. The Hall–Kier alpha value is -0.686. The molecule has 7 heteroatoms. The summed E-state index contributed by atoms with van der Waals surface area (Å²) in [5, 5.41) is 37.5. The number of carbonyl (C=O) groups excluding carboxylic acids is 2. The van der Waals surface area contributed by atoms with Gasteiger partial charge < -0.3 is 30.0 Å². The van der Waals surface area contributed by atoms with Gasteiger partial charge in [-0.2, -0.15) is 0 Å². The van der Waals surface area contributed by atoms with Crippen molar-refractivity contribution in [3.8, 4) is 0 Å². The van der Waals surface area contributed by atoms with Gasteiger partial charge in [0.05, 0.1) is 25.2 Å². The summed E-state index contributed by atoms with van der Waals surface area (Å²) in [5.41, 5.74) is 0. The number of hydrogen-bond acceptors (Lipinski definition) is 6. The Kier molecular flexibility index (Phi) is 46.4. The SMILES string of the molecule is C=C.O=C([O-])CO.O=C([O-])CO.[CH3][Ti+2][CH3]. The van der Waals surface area contributed by atoms with E-state index in [2.05, 4.69) is 23.6 Å². The van der Waals surface area contributed by atoms with Crippen molar-refractivity contribution in [2.24, 2.45) is 0 Å². The third-order valence-corrected chi connectivity index (χ3v) is 0.258. The molecule has 88 valence electrons. The van der Waals surface area contributed by atoms with Gasteiger partial charge in [-0.05, 0) is 0 Å². The normalized spacial score (nSPS) is 5.87.